The van der Waals surface area contributed by atoms with Crippen LogP contribution >= 0.6 is 12.2 Å². The molecule has 0 bridgehead atoms. The summed E-state index contributed by atoms with van der Waals surface area (Å²) < 4.78 is 2.15. The van der Waals surface area contributed by atoms with E-state index in [9.17, 15) is 9.90 Å². The molecule has 5 rings (SSSR count). The Bertz CT molecular complexity index is 1510. The quantitative estimate of drug-likeness (QED) is 0.308. The molecule has 0 amide bonds. The van der Waals surface area contributed by atoms with Crippen LogP contribution in [0.15, 0.2) is 66.9 Å². The van der Waals surface area contributed by atoms with Gasteiger partial charge in [-0.15, -0.1) is 0 Å². The Hall–Kier alpha value is -3.97. The normalized spacial score (nSPS) is 17.2. The molecule has 4 aromatic rings. The zero-order chi connectivity index (χ0) is 26.4. The lowest BCUT2D eigenvalue weighted by Crippen LogP contribution is -2.29. The van der Waals surface area contributed by atoms with E-state index in [2.05, 4.69) is 71.7 Å². The number of rotatable bonds is 5. The van der Waals surface area contributed by atoms with E-state index in [4.69, 9.17) is 12.2 Å². The van der Waals surface area contributed by atoms with E-state index in [1.807, 2.05) is 31.2 Å². The summed E-state index contributed by atoms with van der Waals surface area (Å²) in [6.07, 6.45) is 1.81. The molecule has 2 N–H and O–H groups in total. The van der Waals surface area contributed by atoms with Crippen LogP contribution in [0.4, 0.5) is 5.69 Å². The van der Waals surface area contributed by atoms with Crippen LogP contribution in [0.3, 0.4) is 0 Å². The number of thiocarbonyl (C=S) groups is 1. The number of aromatic nitrogens is 2. The largest absolute Gasteiger partial charge is 0.478 e. The summed E-state index contributed by atoms with van der Waals surface area (Å²) in [6, 6.07) is 19.6. The zero-order valence-corrected chi connectivity index (χ0v) is 22.4. The third-order valence-electron chi connectivity index (χ3n) is 7.07. The van der Waals surface area contributed by atoms with E-state index >= 15 is 0 Å². The number of nitrogens with one attached hydrogen (secondary N) is 1. The lowest BCUT2D eigenvalue weighted by atomic mass is 9.96. The van der Waals surface area contributed by atoms with E-state index in [-0.39, 0.29) is 17.6 Å². The van der Waals surface area contributed by atoms with Crippen molar-refractivity contribution in [3.63, 3.8) is 0 Å². The van der Waals surface area contributed by atoms with E-state index < -0.39 is 5.97 Å². The minimum atomic E-state index is -0.939. The van der Waals surface area contributed by atoms with Gasteiger partial charge in [-0.3, -0.25) is 4.98 Å². The molecule has 188 valence electrons. The smallest absolute Gasteiger partial charge is 0.335 e. The number of hydrogen-bond donors (Lipinski definition) is 2. The molecule has 0 radical (unpaired) electrons. The van der Waals surface area contributed by atoms with Crippen molar-refractivity contribution in [1.82, 2.24) is 14.9 Å². The number of carboxylic acids is 1. The average molecular weight is 511 g/mol. The zero-order valence-electron chi connectivity index (χ0n) is 21.6. The maximum absolute atomic E-state index is 11.7. The third-order valence-corrected chi connectivity index (χ3v) is 7.38. The Kier molecular flexibility index (Phi) is 6.33. The molecule has 0 spiro atoms. The lowest BCUT2D eigenvalue weighted by Gasteiger charge is -2.29. The number of hydrogen-bond acceptors (Lipinski definition) is 3. The predicted molar refractivity (Wildman–Crippen MR) is 151 cm³/mol. The summed E-state index contributed by atoms with van der Waals surface area (Å²) in [5.41, 5.74) is 9.59. The van der Waals surface area contributed by atoms with Crippen molar-refractivity contribution < 1.29 is 9.90 Å². The summed E-state index contributed by atoms with van der Waals surface area (Å²) >= 11 is 5.92. The van der Waals surface area contributed by atoms with Gasteiger partial charge in [0.15, 0.2) is 5.11 Å². The van der Waals surface area contributed by atoms with Crippen molar-refractivity contribution in [1.29, 1.82) is 0 Å². The van der Waals surface area contributed by atoms with Gasteiger partial charge in [-0.25, -0.2) is 4.79 Å². The van der Waals surface area contributed by atoms with Crippen molar-refractivity contribution in [2.24, 2.45) is 0 Å². The van der Waals surface area contributed by atoms with Gasteiger partial charge >= 0.3 is 5.97 Å². The molecule has 1 fully saturated rings. The molecule has 0 aliphatic carbocycles. The van der Waals surface area contributed by atoms with Crippen LogP contribution in [0, 0.1) is 34.6 Å². The number of aromatic carboxylic acids is 1. The molecule has 1 saturated heterocycles. The number of carbonyl (C=O) groups is 1. The van der Waals surface area contributed by atoms with Gasteiger partial charge in [-0.05, 0) is 112 Å². The van der Waals surface area contributed by atoms with Gasteiger partial charge in [0, 0.05) is 29.0 Å². The first-order valence-corrected chi connectivity index (χ1v) is 12.7. The first kappa shape index (κ1) is 24.7. The van der Waals surface area contributed by atoms with Crippen LogP contribution < -0.4 is 10.2 Å². The van der Waals surface area contributed by atoms with Crippen LogP contribution in [0.1, 0.15) is 61.8 Å². The van der Waals surface area contributed by atoms with E-state index in [1.54, 1.807) is 18.3 Å². The monoisotopic (exact) mass is 510 g/mol. The highest BCUT2D eigenvalue weighted by molar-refractivity contribution is 7.80. The molecule has 6 nitrogen and oxygen atoms in total. The molecule has 1 aliphatic heterocycles. The van der Waals surface area contributed by atoms with E-state index in [1.165, 1.54) is 11.1 Å². The Balaban J connectivity index is 1.72. The van der Waals surface area contributed by atoms with Crippen LogP contribution in [0.5, 0.6) is 0 Å². The molecular weight excluding hydrogens is 480 g/mol. The fourth-order valence-electron chi connectivity index (χ4n) is 5.48. The highest BCUT2D eigenvalue weighted by atomic mass is 32.1. The summed E-state index contributed by atoms with van der Waals surface area (Å²) in [5, 5.41) is 13.8. The summed E-state index contributed by atoms with van der Waals surface area (Å²) in [6.45, 7) is 10.3. The number of carboxylic acid groups (broad SMARTS) is 1. The number of anilines is 1. The second-order valence-corrected chi connectivity index (χ2v) is 10.2. The highest BCUT2D eigenvalue weighted by Gasteiger charge is 2.42. The lowest BCUT2D eigenvalue weighted by molar-refractivity contribution is 0.0697. The van der Waals surface area contributed by atoms with Crippen molar-refractivity contribution in [2.75, 3.05) is 4.90 Å². The molecule has 3 heterocycles. The van der Waals surface area contributed by atoms with E-state index in [0.29, 0.717) is 5.11 Å². The molecule has 2 aromatic carbocycles. The minimum Gasteiger partial charge on any atom is -0.478 e. The van der Waals surface area contributed by atoms with Gasteiger partial charge in [-0.1, -0.05) is 18.2 Å². The average Bonchev–Trinajstić information content (AvgIpc) is 3.34. The van der Waals surface area contributed by atoms with Gasteiger partial charge in [-0.2, -0.15) is 0 Å². The Morgan fingerprint density at radius 3 is 2.35 bits per heavy atom. The fourth-order valence-corrected chi connectivity index (χ4v) is 5.83. The Labute approximate surface area is 222 Å². The van der Waals surface area contributed by atoms with Crippen LogP contribution in [-0.4, -0.2) is 25.7 Å². The molecule has 37 heavy (non-hydrogen) atoms. The first-order valence-electron chi connectivity index (χ1n) is 12.3. The number of aryl methyl sites for hydroxylation is 4. The molecule has 1 aliphatic rings. The van der Waals surface area contributed by atoms with Gasteiger partial charge in [0.05, 0.1) is 23.3 Å². The maximum Gasteiger partial charge on any atom is 0.335 e. The summed E-state index contributed by atoms with van der Waals surface area (Å²) in [7, 11) is 0. The van der Waals surface area contributed by atoms with Crippen LogP contribution in [0.2, 0.25) is 0 Å². The first-order chi connectivity index (χ1) is 17.7. The summed E-state index contributed by atoms with van der Waals surface area (Å²) in [4.78, 5) is 18.6. The summed E-state index contributed by atoms with van der Waals surface area (Å²) in [5.74, 6) is -0.939. The number of benzene rings is 2. The molecular formula is C30H30N4O2S. The van der Waals surface area contributed by atoms with Gasteiger partial charge in [0.2, 0.25) is 0 Å². The molecule has 0 saturated carbocycles. The number of nitrogens with zero attached hydrogens (tertiary/aromatic N) is 3. The van der Waals surface area contributed by atoms with Gasteiger partial charge < -0.3 is 19.9 Å². The molecule has 2 atom stereocenters. The Morgan fingerprint density at radius 1 is 0.973 bits per heavy atom. The van der Waals surface area contributed by atoms with Crippen molar-refractivity contribution in [3.8, 4) is 5.69 Å². The molecule has 2 aromatic heterocycles. The Morgan fingerprint density at radius 2 is 1.70 bits per heavy atom. The SMILES string of the molecule is Cc1cc(C)cc(N2C(=S)N[C@@H](c3ccccn3)[C@H]2c2cc(C)n(-c3cc(C(=O)O)ccc3C)c2C)c1. The topological polar surface area (TPSA) is 70.4 Å². The third kappa shape index (κ3) is 4.40. The number of pyridine rings is 1. The van der Waals surface area contributed by atoms with E-state index in [0.717, 1.165) is 39.6 Å². The van der Waals surface area contributed by atoms with Gasteiger partial charge in [0.25, 0.3) is 0 Å². The highest BCUT2D eigenvalue weighted by Crippen LogP contribution is 2.44. The van der Waals surface area contributed by atoms with Crippen LogP contribution in [-0.2, 0) is 0 Å². The van der Waals surface area contributed by atoms with Crippen molar-refractivity contribution in [3.05, 3.63) is 112 Å². The molecule has 7 heteroatoms. The van der Waals surface area contributed by atoms with Crippen molar-refractivity contribution in [2.45, 2.75) is 46.7 Å². The predicted octanol–water partition coefficient (Wildman–Crippen LogP) is 6.29. The second kappa shape index (κ2) is 9.48. The fraction of sp³-hybridized carbons (Fsp3) is 0.233. The minimum absolute atomic E-state index is 0.147. The standard InChI is InChI=1S/C30H30N4O2S/c1-17-12-18(2)14-23(13-17)34-28(27(32-30(34)37)25-8-6-7-11-31-25)24-15-20(4)33(21(24)5)26-16-22(29(35)36)10-9-19(26)3/h6-16,27-28H,1-5H3,(H,32,37)(H,35,36)/t27-,28+/m0/s1. The molecule has 0 unspecified atom stereocenters. The van der Waals surface area contributed by atoms with Crippen molar-refractivity contribution >= 4 is 29.0 Å². The van der Waals surface area contributed by atoms with Gasteiger partial charge in [0.1, 0.15) is 0 Å². The second-order valence-electron chi connectivity index (χ2n) is 9.81. The van der Waals surface area contributed by atoms with Crippen LogP contribution in [0.25, 0.3) is 5.69 Å². The maximum atomic E-state index is 11.7.